The number of carbonyl (C=O) groups excluding carboxylic acids is 1. The van der Waals surface area contributed by atoms with E-state index < -0.39 is 53.0 Å². The SMILES string of the molecule is O=C(CNc1ccc(F)c(F)c1F)Nc1ccc(Cl)cc1C(F)(F)F. The molecule has 134 valence electrons. The average Bonchev–Trinajstić information content (AvgIpc) is 2.52. The maximum atomic E-state index is 13.4. The van der Waals surface area contributed by atoms with Crippen LogP contribution >= 0.6 is 11.6 Å². The molecule has 0 aliphatic rings. The zero-order valence-electron chi connectivity index (χ0n) is 12.1. The summed E-state index contributed by atoms with van der Waals surface area (Å²) in [7, 11) is 0. The van der Waals surface area contributed by atoms with Crippen LogP contribution in [0.25, 0.3) is 0 Å². The predicted molar refractivity (Wildman–Crippen MR) is 79.9 cm³/mol. The molecule has 25 heavy (non-hydrogen) atoms. The molecule has 2 N–H and O–H groups in total. The van der Waals surface area contributed by atoms with Crippen molar-refractivity contribution in [2.45, 2.75) is 6.18 Å². The zero-order chi connectivity index (χ0) is 18.8. The summed E-state index contributed by atoms with van der Waals surface area (Å²) in [6, 6.07) is 4.24. The Balaban J connectivity index is 2.10. The summed E-state index contributed by atoms with van der Waals surface area (Å²) in [5.74, 6) is -5.65. The second-order valence-corrected chi connectivity index (χ2v) is 5.25. The van der Waals surface area contributed by atoms with Gasteiger partial charge in [-0.05, 0) is 30.3 Å². The monoisotopic (exact) mass is 382 g/mol. The second-order valence-electron chi connectivity index (χ2n) is 4.81. The molecule has 0 atom stereocenters. The number of alkyl halides is 3. The molecule has 0 aromatic heterocycles. The van der Waals surface area contributed by atoms with Gasteiger partial charge in [-0.15, -0.1) is 0 Å². The van der Waals surface area contributed by atoms with Gasteiger partial charge in [0.15, 0.2) is 17.5 Å². The van der Waals surface area contributed by atoms with E-state index in [1.54, 1.807) is 0 Å². The molecule has 0 saturated heterocycles. The van der Waals surface area contributed by atoms with E-state index in [-0.39, 0.29) is 5.02 Å². The van der Waals surface area contributed by atoms with Crippen molar-refractivity contribution in [1.82, 2.24) is 0 Å². The van der Waals surface area contributed by atoms with Crippen LogP contribution in [-0.2, 0) is 11.0 Å². The first kappa shape index (κ1) is 18.9. The molecule has 0 heterocycles. The van der Waals surface area contributed by atoms with Gasteiger partial charge in [0, 0.05) is 5.02 Å². The molecule has 2 rings (SSSR count). The number of hydrogen-bond acceptors (Lipinski definition) is 2. The van der Waals surface area contributed by atoms with E-state index >= 15 is 0 Å². The Morgan fingerprint density at radius 1 is 1.00 bits per heavy atom. The predicted octanol–water partition coefficient (Wildman–Crippen LogP) is 4.83. The van der Waals surface area contributed by atoms with Crippen LogP contribution in [0.4, 0.5) is 37.7 Å². The number of anilines is 2. The number of nitrogens with one attached hydrogen (secondary N) is 2. The first-order valence-corrected chi connectivity index (χ1v) is 7.01. The van der Waals surface area contributed by atoms with Gasteiger partial charge in [0.2, 0.25) is 5.91 Å². The molecule has 0 spiro atoms. The summed E-state index contributed by atoms with van der Waals surface area (Å²) in [5.41, 5.74) is -2.22. The summed E-state index contributed by atoms with van der Waals surface area (Å²) in [4.78, 5) is 11.7. The van der Waals surface area contributed by atoms with E-state index in [1.807, 2.05) is 5.32 Å². The fraction of sp³-hybridized carbons (Fsp3) is 0.133. The number of halogens is 7. The molecule has 3 nitrogen and oxygen atoms in total. The lowest BCUT2D eigenvalue weighted by Gasteiger charge is -2.14. The maximum absolute atomic E-state index is 13.4. The molecule has 0 aliphatic carbocycles. The van der Waals surface area contributed by atoms with Gasteiger partial charge in [-0.2, -0.15) is 13.2 Å². The Morgan fingerprint density at radius 3 is 2.28 bits per heavy atom. The summed E-state index contributed by atoms with van der Waals surface area (Å²) >= 11 is 5.51. The highest BCUT2D eigenvalue weighted by Gasteiger charge is 2.34. The van der Waals surface area contributed by atoms with Gasteiger partial charge >= 0.3 is 6.18 Å². The molecule has 10 heteroatoms. The van der Waals surface area contributed by atoms with Crippen molar-refractivity contribution in [2.75, 3.05) is 17.2 Å². The van der Waals surface area contributed by atoms with Gasteiger partial charge < -0.3 is 10.6 Å². The first-order chi connectivity index (χ1) is 11.6. The Labute approximate surface area is 142 Å². The summed E-state index contributed by atoms with van der Waals surface area (Å²) in [5, 5.41) is 3.99. The van der Waals surface area contributed by atoms with Gasteiger partial charge in [-0.3, -0.25) is 4.79 Å². The average molecular weight is 383 g/mol. The van der Waals surface area contributed by atoms with Crippen molar-refractivity contribution in [1.29, 1.82) is 0 Å². The van der Waals surface area contributed by atoms with Crippen LogP contribution in [0.15, 0.2) is 30.3 Å². The topological polar surface area (TPSA) is 41.1 Å². The molecule has 0 fully saturated rings. The highest BCUT2D eigenvalue weighted by Crippen LogP contribution is 2.36. The Bertz CT molecular complexity index is 809. The van der Waals surface area contributed by atoms with Crippen LogP contribution in [-0.4, -0.2) is 12.5 Å². The van der Waals surface area contributed by atoms with E-state index in [4.69, 9.17) is 11.6 Å². The number of rotatable bonds is 4. The normalized spacial score (nSPS) is 11.3. The van der Waals surface area contributed by atoms with Crippen molar-refractivity contribution in [2.24, 2.45) is 0 Å². The molecule has 0 unspecified atom stereocenters. The Hall–Kier alpha value is -2.42. The number of benzene rings is 2. The summed E-state index contributed by atoms with van der Waals surface area (Å²) in [6.07, 6.45) is -4.76. The van der Waals surface area contributed by atoms with E-state index in [0.29, 0.717) is 12.1 Å². The summed E-state index contributed by atoms with van der Waals surface area (Å²) < 4.78 is 78.0. The molecular weight excluding hydrogens is 374 g/mol. The fourth-order valence-electron chi connectivity index (χ4n) is 1.89. The van der Waals surface area contributed by atoms with Gasteiger partial charge in [0.25, 0.3) is 0 Å². The van der Waals surface area contributed by atoms with Crippen molar-refractivity contribution < 1.29 is 31.1 Å². The number of hydrogen-bond donors (Lipinski definition) is 2. The van der Waals surface area contributed by atoms with Crippen molar-refractivity contribution in [3.8, 4) is 0 Å². The zero-order valence-corrected chi connectivity index (χ0v) is 12.9. The molecule has 1 amide bonds. The maximum Gasteiger partial charge on any atom is 0.418 e. The van der Waals surface area contributed by atoms with Gasteiger partial charge in [-0.1, -0.05) is 11.6 Å². The minimum Gasteiger partial charge on any atom is -0.374 e. The minimum absolute atomic E-state index is 0.174. The molecule has 0 aliphatic heterocycles. The summed E-state index contributed by atoms with van der Waals surface area (Å²) in [6.45, 7) is -0.679. The minimum atomic E-state index is -4.76. The van der Waals surface area contributed by atoms with Gasteiger partial charge in [0.05, 0.1) is 23.5 Å². The van der Waals surface area contributed by atoms with Crippen molar-refractivity contribution in [3.05, 3.63) is 58.4 Å². The highest BCUT2D eigenvalue weighted by molar-refractivity contribution is 6.30. The lowest BCUT2D eigenvalue weighted by Crippen LogP contribution is -2.24. The highest BCUT2D eigenvalue weighted by atomic mass is 35.5. The van der Waals surface area contributed by atoms with Crippen molar-refractivity contribution >= 4 is 28.9 Å². The van der Waals surface area contributed by atoms with Gasteiger partial charge in [0.1, 0.15) is 0 Å². The first-order valence-electron chi connectivity index (χ1n) is 6.63. The van der Waals surface area contributed by atoms with E-state index in [2.05, 4.69) is 5.32 Å². The molecule has 2 aromatic rings. The fourth-order valence-corrected chi connectivity index (χ4v) is 2.06. The number of carbonyl (C=O) groups is 1. The standard InChI is InChI=1S/C15H9ClF6N2O/c16-7-1-3-10(8(5-7)15(20,21)22)24-12(25)6-23-11-4-2-9(17)13(18)14(11)19/h1-5,23H,6H2,(H,24,25). The second kappa shape index (κ2) is 7.22. The largest absolute Gasteiger partial charge is 0.418 e. The Kier molecular flexibility index (Phi) is 5.46. The Morgan fingerprint density at radius 2 is 1.64 bits per heavy atom. The van der Waals surface area contributed by atoms with Crippen LogP contribution in [0.1, 0.15) is 5.56 Å². The van der Waals surface area contributed by atoms with Gasteiger partial charge in [-0.25, -0.2) is 13.2 Å². The van der Waals surface area contributed by atoms with E-state index in [0.717, 1.165) is 18.2 Å². The quantitative estimate of drug-likeness (QED) is 0.587. The van der Waals surface area contributed by atoms with Crippen LogP contribution in [0, 0.1) is 17.5 Å². The third-order valence-corrected chi connectivity index (χ3v) is 3.27. The lowest BCUT2D eigenvalue weighted by atomic mass is 10.1. The number of amides is 1. The van der Waals surface area contributed by atoms with Crippen molar-refractivity contribution in [3.63, 3.8) is 0 Å². The third kappa shape index (κ3) is 4.56. The van der Waals surface area contributed by atoms with Crippen LogP contribution in [0.2, 0.25) is 5.02 Å². The lowest BCUT2D eigenvalue weighted by molar-refractivity contribution is -0.137. The van der Waals surface area contributed by atoms with Crippen LogP contribution in [0.5, 0.6) is 0 Å². The van der Waals surface area contributed by atoms with E-state index in [1.165, 1.54) is 0 Å². The van der Waals surface area contributed by atoms with Crippen LogP contribution in [0.3, 0.4) is 0 Å². The molecular formula is C15H9ClF6N2O. The third-order valence-electron chi connectivity index (χ3n) is 3.04. The smallest absolute Gasteiger partial charge is 0.374 e. The molecule has 0 saturated carbocycles. The van der Waals surface area contributed by atoms with E-state index in [9.17, 15) is 31.1 Å². The molecule has 0 radical (unpaired) electrons. The molecule has 0 bridgehead atoms. The molecule has 2 aromatic carbocycles. The van der Waals surface area contributed by atoms with Crippen LogP contribution < -0.4 is 10.6 Å².